The highest BCUT2D eigenvalue weighted by atomic mass is 16.3. The molecule has 1 saturated heterocycles. The molecule has 0 saturated carbocycles. The topological polar surface area (TPSA) is 74.6 Å². The molecule has 2 amide bonds. The normalized spacial score (nSPS) is 14.7. The van der Waals surface area contributed by atoms with Crippen LogP contribution < -0.4 is 15.5 Å². The molecule has 1 aromatic heterocycles. The maximum Gasteiger partial charge on any atom is 0.227 e. The Kier molecular flexibility index (Phi) is 6.25. The number of carbonyl (C=O) groups excluding carboxylic acids is 2. The van der Waals surface area contributed by atoms with E-state index in [1.807, 2.05) is 66.7 Å². The Bertz CT molecular complexity index is 969. The quantitative estimate of drug-likeness (QED) is 0.593. The molecular weight excluding hydrogens is 378 g/mol. The van der Waals surface area contributed by atoms with E-state index in [1.54, 1.807) is 11.2 Å². The first kappa shape index (κ1) is 19.9. The average molecular weight is 403 g/mol. The molecule has 6 heteroatoms. The van der Waals surface area contributed by atoms with Crippen LogP contribution in [0.5, 0.6) is 0 Å². The summed E-state index contributed by atoms with van der Waals surface area (Å²) in [5.41, 5.74) is 2.68. The largest absolute Gasteiger partial charge is 0.467 e. The second-order valence-corrected chi connectivity index (χ2v) is 7.31. The number of hydrogen-bond acceptors (Lipinski definition) is 4. The Morgan fingerprint density at radius 1 is 1.03 bits per heavy atom. The minimum atomic E-state index is -0.105. The van der Waals surface area contributed by atoms with Gasteiger partial charge < -0.3 is 20.0 Å². The van der Waals surface area contributed by atoms with Gasteiger partial charge in [0.25, 0.3) is 0 Å². The summed E-state index contributed by atoms with van der Waals surface area (Å²) in [7, 11) is 0. The number of nitrogens with zero attached hydrogens (tertiary/aromatic N) is 1. The highest BCUT2D eigenvalue weighted by molar-refractivity contribution is 5.96. The van der Waals surface area contributed by atoms with Crippen molar-refractivity contribution in [2.45, 2.75) is 25.3 Å². The first-order chi connectivity index (χ1) is 14.7. The molecule has 0 aliphatic carbocycles. The maximum atomic E-state index is 12.4. The summed E-state index contributed by atoms with van der Waals surface area (Å²) in [6, 6.07) is 21.1. The third-order valence-electron chi connectivity index (χ3n) is 5.20. The minimum Gasteiger partial charge on any atom is -0.467 e. The van der Waals surface area contributed by atoms with Gasteiger partial charge in [-0.1, -0.05) is 30.3 Å². The van der Waals surface area contributed by atoms with Crippen LogP contribution in [0.1, 0.15) is 36.6 Å². The van der Waals surface area contributed by atoms with E-state index in [9.17, 15) is 9.59 Å². The zero-order valence-corrected chi connectivity index (χ0v) is 16.7. The summed E-state index contributed by atoms with van der Waals surface area (Å²) in [5.74, 6) is 0.898. The Morgan fingerprint density at radius 2 is 1.83 bits per heavy atom. The van der Waals surface area contributed by atoms with Crippen LogP contribution in [0.3, 0.4) is 0 Å². The molecule has 1 aliphatic rings. The summed E-state index contributed by atoms with van der Waals surface area (Å²) >= 11 is 0. The molecule has 1 fully saturated rings. The lowest BCUT2D eigenvalue weighted by molar-refractivity contribution is -0.117. The summed E-state index contributed by atoms with van der Waals surface area (Å²) in [4.78, 5) is 26.0. The second-order valence-electron chi connectivity index (χ2n) is 7.31. The molecule has 2 aromatic carbocycles. The van der Waals surface area contributed by atoms with Gasteiger partial charge in [-0.05, 0) is 48.4 Å². The van der Waals surface area contributed by atoms with Gasteiger partial charge >= 0.3 is 0 Å². The molecule has 6 nitrogen and oxygen atoms in total. The second kappa shape index (κ2) is 9.41. The molecule has 0 radical (unpaired) electrons. The molecule has 154 valence electrons. The molecule has 1 aliphatic heterocycles. The predicted octanol–water partition coefficient (Wildman–Crippen LogP) is 4.11. The van der Waals surface area contributed by atoms with Gasteiger partial charge in [0.1, 0.15) is 5.76 Å². The molecule has 2 N–H and O–H groups in total. The minimum absolute atomic E-state index is 0.0706. The van der Waals surface area contributed by atoms with E-state index < -0.39 is 0 Å². The molecule has 30 heavy (non-hydrogen) atoms. The number of carbonyl (C=O) groups is 2. The van der Waals surface area contributed by atoms with E-state index in [0.29, 0.717) is 19.4 Å². The molecule has 0 spiro atoms. The van der Waals surface area contributed by atoms with Gasteiger partial charge in [-0.2, -0.15) is 0 Å². The molecule has 1 atom stereocenters. The van der Waals surface area contributed by atoms with E-state index in [-0.39, 0.29) is 17.9 Å². The lowest BCUT2D eigenvalue weighted by atomic mass is 10.0. The van der Waals surface area contributed by atoms with Gasteiger partial charge in [0.15, 0.2) is 0 Å². The molecule has 2 heterocycles. The molecule has 0 bridgehead atoms. The lowest BCUT2D eigenvalue weighted by Gasteiger charge is -2.17. The van der Waals surface area contributed by atoms with Crippen LogP contribution in [0, 0.1) is 0 Å². The smallest absolute Gasteiger partial charge is 0.227 e. The highest BCUT2D eigenvalue weighted by Crippen LogP contribution is 2.24. The number of amides is 2. The van der Waals surface area contributed by atoms with Crippen molar-refractivity contribution < 1.29 is 14.0 Å². The van der Waals surface area contributed by atoms with Crippen LogP contribution in [0.25, 0.3) is 0 Å². The standard InChI is InChI=1S/C24H25N3O3/c28-22(26-19-10-12-20(13-11-19)27-16-4-9-23(27)29)14-15-25-24(21-8-5-17-30-21)18-6-2-1-3-7-18/h1-3,5-8,10-13,17,24-25H,4,9,14-16H2,(H,26,28)/t24-/m0/s1. The van der Waals surface area contributed by atoms with Crippen LogP contribution in [0.4, 0.5) is 11.4 Å². The van der Waals surface area contributed by atoms with Crippen molar-refractivity contribution in [3.05, 3.63) is 84.3 Å². The zero-order chi connectivity index (χ0) is 20.8. The number of hydrogen-bond donors (Lipinski definition) is 2. The van der Waals surface area contributed by atoms with Crippen molar-refractivity contribution in [1.82, 2.24) is 5.32 Å². The van der Waals surface area contributed by atoms with Gasteiger partial charge in [-0.25, -0.2) is 0 Å². The average Bonchev–Trinajstić information content (AvgIpc) is 3.44. The van der Waals surface area contributed by atoms with Crippen molar-refractivity contribution in [1.29, 1.82) is 0 Å². The zero-order valence-electron chi connectivity index (χ0n) is 16.7. The molecule has 3 aromatic rings. The van der Waals surface area contributed by atoms with Crippen LogP contribution in [0.2, 0.25) is 0 Å². The van der Waals surface area contributed by atoms with Crippen LogP contribution in [0.15, 0.2) is 77.4 Å². The lowest BCUT2D eigenvalue weighted by Crippen LogP contribution is -2.26. The van der Waals surface area contributed by atoms with Crippen molar-refractivity contribution in [3.63, 3.8) is 0 Å². The Morgan fingerprint density at radius 3 is 2.50 bits per heavy atom. The fourth-order valence-electron chi connectivity index (χ4n) is 3.68. The van der Waals surface area contributed by atoms with Crippen molar-refractivity contribution in [2.24, 2.45) is 0 Å². The van der Waals surface area contributed by atoms with Crippen molar-refractivity contribution in [3.8, 4) is 0 Å². The summed E-state index contributed by atoms with van der Waals surface area (Å²) < 4.78 is 5.57. The Balaban J connectivity index is 1.30. The number of rotatable bonds is 8. The first-order valence-electron chi connectivity index (χ1n) is 10.2. The number of benzene rings is 2. The summed E-state index contributed by atoms with van der Waals surface area (Å²) in [6.07, 6.45) is 3.48. The van der Waals surface area contributed by atoms with E-state index in [0.717, 1.165) is 35.7 Å². The van der Waals surface area contributed by atoms with Crippen LogP contribution in [-0.2, 0) is 9.59 Å². The molecule has 4 rings (SSSR count). The Labute approximate surface area is 175 Å². The third-order valence-corrected chi connectivity index (χ3v) is 5.20. The SMILES string of the molecule is O=C(CCN[C@@H](c1ccccc1)c1ccco1)Nc1ccc(N2CCCC2=O)cc1. The summed E-state index contributed by atoms with van der Waals surface area (Å²) in [5, 5.41) is 6.32. The van der Waals surface area contributed by atoms with Gasteiger partial charge in [0.2, 0.25) is 11.8 Å². The number of nitrogens with one attached hydrogen (secondary N) is 2. The van der Waals surface area contributed by atoms with Gasteiger partial charge in [-0.3, -0.25) is 9.59 Å². The number of furan rings is 1. The van der Waals surface area contributed by atoms with E-state index in [1.165, 1.54) is 0 Å². The fourth-order valence-corrected chi connectivity index (χ4v) is 3.68. The third kappa shape index (κ3) is 4.78. The van der Waals surface area contributed by atoms with Gasteiger partial charge in [0, 0.05) is 37.3 Å². The van der Waals surface area contributed by atoms with Crippen LogP contribution >= 0.6 is 0 Å². The Hall–Kier alpha value is -3.38. The van der Waals surface area contributed by atoms with Crippen molar-refractivity contribution in [2.75, 3.05) is 23.3 Å². The summed E-state index contributed by atoms with van der Waals surface area (Å²) in [6.45, 7) is 1.26. The molecular formula is C24H25N3O3. The monoisotopic (exact) mass is 403 g/mol. The highest BCUT2D eigenvalue weighted by Gasteiger charge is 2.21. The first-order valence-corrected chi connectivity index (χ1v) is 10.2. The van der Waals surface area contributed by atoms with Gasteiger partial charge in [-0.15, -0.1) is 0 Å². The predicted molar refractivity (Wildman–Crippen MR) is 116 cm³/mol. The van der Waals surface area contributed by atoms with E-state index in [2.05, 4.69) is 10.6 Å². The van der Waals surface area contributed by atoms with E-state index >= 15 is 0 Å². The number of anilines is 2. The van der Waals surface area contributed by atoms with E-state index in [4.69, 9.17) is 4.42 Å². The van der Waals surface area contributed by atoms with Crippen LogP contribution in [-0.4, -0.2) is 24.9 Å². The van der Waals surface area contributed by atoms with Crippen molar-refractivity contribution >= 4 is 23.2 Å². The fraction of sp³-hybridized carbons (Fsp3) is 0.250. The maximum absolute atomic E-state index is 12.4. The molecule has 0 unspecified atom stereocenters. The van der Waals surface area contributed by atoms with Gasteiger partial charge in [0.05, 0.1) is 12.3 Å².